The van der Waals surface area contributed by atoms with E-state index in [1.807, 2.05) is 0 Å². The molecule has 0 aromatic carbocycles. The first-order chi connectivity index (χ1) is 7.15. The predicted molar refractivity (Wildman–Crippen MR) is 55.0 cm³/mol. The first-order valence-corrected chi connectivity index (χ1v) is 4.65. The minimum absolute atomic E-state index is 0.147. The second-order valence-corrected chi connectivity index (χ2v) is 3.39. The van der Waals surface area contributed by atoms with Crippen LogP contribution in [0.3, 0.4) is 0 Å². The van der Waals surface area contributed by atoms with Crippen LogP contribution in [0.1, 0.15) is 5.69 Å². The number of pyridine rings is 1. The van der Waals surface area contributed by atoms with Gasteiger partial charge in [0.25, 0.3) is 0 Å². The van der Waals surface area contributed by atoms with E-state index in [0.717, 1.165) is 11.9 Å². The molecule has 0 unspecified atom stereocenters. The summed E-state index contributed by atoms with van der Waals surface area (Å²) < 4.78 is 12.9. The van der Waals surface area contributed by atoms with Crippen molar-refractivity contribution < 1.29 is 4.39 Å². The van der Waals surface area contributed by atoms with Gasteiger partial charge in [0, 0.05) is 17.5 Å². The van der Waals surface area contributed by atoms with E-state index in [2.05, 4.69) is 15.0 Å². The molecule has 0 saturated heterocycles. The second kappa shape index (κ2) is 3.90. The Morgan fingerprint density at radius 1 is 1.20 bits per heavy atom. The van der Waals surface area contributed by atoms with Gasteiger partial charge in [-0.1, -0.05) is 0 Å². The van der Waals surface area contributed by atoms with Crippen molar-refractivity contribution in [3.8, 4) is 11.3 Å². The Labute approximate surface area is 91.0 Å². The molecule has 15 heavy (non-hydrogen) atoms. The zero-order chi connectivity index (χ0) is 10.8. The van der Waals surface area contributed by atoms with Crippen molar-refractivity contribution in [3.63, 3.8) is 0 Å². The summed E-state index contributed by atoms with van der Waals surface area (Å²) in [5.41, 5.74) is 1.89. The molecule has 0 aliphatic carbocycles. The summed E-state index contributed by atoms with van der Waals surface area (Å²) in [7, 11) is 0. The topological polar surface area (TPSA) is 38.7 Å². The fraction of sp³-hybridized carbons (Fsp3) is 0.100. The highest BCUT2D eigenvalue weighted by atomic mass is 35.5. The van der Waals surface area contributed by atoms with Crippen LogP contribution in [0.15, 0.2) is 24.5 Å². The molecule has 0 aliphatic heterocycles. The Balaban J connectivity index is 2.54. The monoisotopic (exact) mass is 223 g/mol. The van der Waals surface area contributed by atoms with Gasteiger partial charge in [0.05, 0.1) is 11.9 Å². The first kappa shape index (κ1) is 9.98. The lowest BCUT2D eigenvalue weighted by atomic mass is 10.2. The zero-order valence-electron chi connectivity index (χ0n) is 7.91. The Morgan fingerprint density at radius 2 is 2.00 bits per heavy atom. The van der Waals surface area contributed by atoms with Crippen LogP contribution in [0.25, 0.3) is 11.3 Å². The van der Waals surface area contributed by atoms with Gasteiger partial charge in [0.15, 0.2) is 0 Å². The van der Waals surface area contributed by atoms with E-state index >= 15 is 0 Å². The Hall–Kier alpha value is -1.55. The summed E-state index contributed by atoms with van der Waals surface area (Å²) >= 11 is 5.70. The quantitative estimate of drug-likeness (QED) is 0.698. The molecule has 0 spiro atoms. The van der Waals surface area contributed by atoms with Gasteiger partial charge < -0.3 is 0 Å². The van der Waals surface area contributed by atoms with Gasteiger partial charge in [0.2, 0.25) is 5.28 Å². The molecule has 2 aromatic heterocycles. The van der Waals surface area contributed by atoms with Crippen molar-refractivity contribution in [2.24, 2.45) is 0 Å². The van der Waals surface area contributed by atoms with E-state index in [1.54, 1.807) is 13.0 Å². The van der Waals surface area contributed by atoms with Crippen LogP contribution in [0.5, 0.6) is 0 Å². The third-order valence-electron chi connectivity index (χ3n) is 1.83. The standard InChI is InChI=1S/C10H7ClFN3/c1-6-2-9(15-10(11)14-6)7-3-8(12)5-13-4-7/h2-5H,1H3. The van der Waals surface area contributed by atoms with E-state index < -0.39 is 5.82 Å². The molecule has 0 saturated carbocycles. The van der Waals surface area contributed by atoms with Crippen LogP contribution >= 0.6 is 11.6 Å². The van der Waals surface area contributed by atoms with Crippen LogP contribution in [0, 0.1) is 12.7 Å². The number of nitrogens with zero attached hydrogens (tertiary/aromatic N) is 3. The number of aryl methyl sites for hydroxylation is 1. The van der Waals surface area contributed by atoms with Crippen molar-refractivity contribution in [2.45, 2.75) is 6.92 Å². The number of aromatic nitrogens is 3. The van der Waals surface area contributed by atoms with Crippen molar-refractivity contribution in [2.75, 3.05) is 0 Å². The molecule has 76 valence electrons. The van der Waals surface area contributed by atoms with Crippen molar-refractivity contribution in [1.82, 2.24) is 15.0 Å². The molecule has 0 atom stereocenters. The van der Waals surface area contributed by atoms with Gasteiger partial charge in [0.1, 0.15) is 5.82 Å². The normalized spacial score (nSPS) is 10.3. The first-order valence-electron chi connectivity index (χ1n) is 4.27. The summed E-state index contributed by atoms with van der Waals surface area (Å²) in [6.45, 7) is 1.80. The van der Waals surface area contributed by atoms with Crippen molar-refractivity contribution >= 4 is 11.6 Å². The summed E-state index contributed by atoms with van der Waals surface area (Å²) in [4.78, 5) is 11.7. The van der Waals surface area contributed by atoms with E-state index in [-0.39, 0.29) is 5.28 Å². The van der Waals surface area contributed by atoms with Gasteiger partial charge in [-0.05, 0) is 30.7 Å². The maximum Gasteiger partial charge on any atom is 0.223 e. The third-order valence-corrected chi connectivity index (χ3v) is 2.00. The summed E-state index contributed by atoms with van der Waals surface area (Å²) in [6.07, 6.45) is 2.67. The lowest BCUT2D eigenvalue weighted by Gasteiger charge is -2.01. The maximum absolute atomic E-state index is 12.9. The van der Waals surface area contributed by atoms with Gasteiger partial charge >= 0.3 is 0 Å². The van der Waals surface area contributed by atoms with Crippen LogP contribution in [0.4, 0.5) is 4.39 Å². The Kier molecular flexibility index (Phi) is 2.60. The third kappa shape index (κ3) is 2.27. The molecule has 0 fully saturated rings. The van der Waals surface area contributed by atoms with Crippen LogP contribution in [0.2, 0.25) is 5.28 Å². The average Bonchev–Trinajstić information content (AvgIpc) is 2.16. The van der Waals surface area contributed by atoms with Crippen molar-refractivity contribution in [3.05, 3.63) is 41.3 Å². The smallest absolute Gasteiger partial charge is 0.223 e. The highest BCUT2D eigenvalue weighted by Crippen LogP contribution is 2.18. The van der Waals surface area contributed by atoms with Gasteiger partial charge in [-0.2, -0.15) is 0 Å². The van der Waals surface area contributed by atoms with Gasteiger partial charge in [-0.25, -0.2) is 14.4 Å². The number of halogens is 2. The molecule has 5 heteroatoms. The van der Waals surface area contributed by atoms with Crippen molar-refractivity contribution in [1.29, 1.82) is 0 Å². The van der Waals surface area contributed by atoms with E-state index in [1.165, 1.54) is 12.3 Å². The molecule has 2 aromatic rings. The molecule has 2 heterocycles. The molecule has 0 aliphatic rings. The van der Waals surface area contributed by atoms with Gasteiger partial charge in [-0.15, -0.1) is 0 Å². The predicted octanol–water partition coefficient (Wildman–Crippen LogP) is 2.64. The molecule has 2 rings (SSSR count). The lowest BCUT2D eigenvalue weighted by molar-refractivity contribution is 0.622. The number of hydrogen-bond donors (Lipinski definition) is 0. The summed E-state index contributed by atoms with van der Waals surface area (Å²) in [5, 5.41) is 0.147. The largest absolute Gasteiger partial charge is 0.261 e. The summed E-state index contributed by atoms with van der Waals surface area (Å²) in [6, 6.07) is 3.08. The van der Waals surface area contributed by atoms with E-state index in [9.17, 15) is 4.39 Å². The van der Waals surface area contributed by atoms with Gasteiger partial charge in [-0.3, -0.25) is 4.98 Å². The number of rotatable bonds is 1. The SMILES string of the molecule is Cc1cc(-c2cncc(F)c2)nc(Cl)n1. The summed E-state index contributed by atoms with van der Waals surface area (Å²) in [5.74, 6) is -0.403. The van der Waals surface area contributed by atoms with Crippen LogP contribution in [-0.4, -0.2) is 15.0 Å². The minimum atomic E-state index is -0.403. The molecule has 0 radical (unpaired) electrons. The zero-order valence-corrected chi connectivity index (χ0v) is 8.66. The van der Waals surface area contributed by atoms with E-state index in [0.29, 0.717) is 11.3 Å². The maximum atomic E-state index is 12.9. The average molecular weight is 224 g/mol. The van der Waals surface area contributed by atoms with Crippen LogP contribution in [-0.2, 0) is 0 Å². The Bertz CT molecular complexity index is 482. The molecule has 0 bridgehead atoms. The Morgan fingerprint density at radius 3 is 2.67 bits per heavy atom. The molecule has 3 nitrogen and oxygen atoms in total. The highest BCUT2D eigenvalue weighted by molar-refractivity contribution is 6.28. The molecule has 0 N–H and O–H groups in total. The molecule has 0 amide bonds. The highest BCUT2D eigenvalue weighted by Gasteiger charge is 2.04. The second-order valence-electron chi connectivity index (χ2n) is 3.06. The minimum Gasteiger partial charge on any atom is -0.261 e. The lowest BCUT2D eigenvalue weighted by Crippen LogP contribution is -1.91. The number of hydrogen-bond acceptors (Lipinski definition) is 3. The fourth-order valence-electron chi connectivity index (χ4n) is 1.23. The molecular weight excluding hydrogens is 217 g/mol. The van der Waals surface area contributed by atoms with E-state index in [4.69, 9.17) is 11.6 Å². The molecular formula is C10H7ClFN3. The van der Waals surface area contributed by atoms with Crippen LogP contribution < -0.4 is 0 Å². The fourth-order valence-corrected chi connectivity index (χ4v) is 1.46.